The van der Waals surface area contributed by atoms with E-state index in [1.54, 1.807) is 12.4 Å². The fraction of sp³-hybridized carbons (Fsp3) is 0.414. The van der Waals surface area contributed by atoms with Gasteiger partial charge in [-0.05, 0) is 36.6 Å². The Bertz CT molecular complexity index is 1250. The molecule has 2 fully saturated rings. The second kappa shape index (κ2) is 9.99. The molecule has 7 heteroatoms. The van der Waals surface area contributed by atoms with Crippen LogP contribution in [0.25, 0.3) is 11.3 Å². The first-order chi connectivity index (χ1) is 17.7. The summed E-state index contributed by atoms with van der Waals surface area (Å²) in [4.78, 5) is 34.2. The number of rotatable bonds is 5. The fourth-order valence-electron chi connectivity index (χ4n) is 5.84. The molecule has 0 N–H and O–H groups in total. The number of nitrogens with zero attached hydrogens (tertiary/aromatic N) is 3. The number of hydrogen-bond acceptors (Lipinski definition) is 6. The molecule has 4 heterocycles. The standard InChI is InChI=1S/C29H31N3O4/c33-26-16-24(22-5-1-2-6-23(22)26)25-17-27(36-29(25)20-7-9-30-10-8-20)21-4-3-11-32(18-21)28(34)19-31-12-14-35-15-13-31/h1-2,5-10,17,21,24H,3-4,11-16,18-19H2. The van der Waals surface area contributed by atoms with Crippen molar-refractivity contribution in [2.75, 3.05) is 45.9 Å². The summed E-state index contributed by atoms with van der Waals surface area (Å²) in [6.07, 6.45) is 5.91. The second-order valence-electron chi connectivity index (χ2n) is 10.0. The minimum absolute atomic E-state index is 0.0305. The van der Waals surface area contributed by atoms with E-state index < -0.39 is 0 Å². The van der Waals surface area contributed by atoms with Gasteiger partial charge in [-0.3, -0.25) is 19.5 Å². The molecule has 2 saturated heterocycles. The zero-order valence-corrected chi connectivity index (χ0v) is 20.4. The number of Topliss-reactive ketones (excluding diaryl/α,β-unsaturated/α-hetero) is 1. The van der Waals surface area contributed by atoms with E-state index in [9.17, 15) is 9.59 Å². The Morgan fingerprint density at radius 2 is 1.83 bits per heavy atom. The van der Waals surface area contributed by atoms with Crippen LogP contribution in [0.5, 0.6) is 0 Å². The van der Waals surface area contributed by atoms with Gasteiger partial charge in [0.25, 0.3) is 0 Å². The van der Waals surface area contributed by atoms with E-state index in [1.807, 2.05) is 35.2 Å². The van der Waals surface area contributed by atoms with E-state index in [4.69, 9.17) is 9.15 Å². The van der Waals surface area contributed by atoms with Gasteiger partial charge in [0.2, 0.25) is 5.91 Å². The molecule has 1 aromatic carbocycles. The van der Waals surface area contributed by atoms with E-state index in [-0.39, 0.29) is 23.5 Å². The molecule has 36 heavy (non-hydrogen) atoms. The number of carbonyl (C=O) groups is 2. The normalized spacial score (nSPS) is 22.6. The summed E-state index contributed by atoms with van der Waals surface area (Å²) in [5, 5.41) is 0. The molecule has 2 aliphatic heterocycles. The Morgan fingerprint density at radius 3 is 2.67 bits per heavy atom. The van der Waals surface area contributed by atoms with Gasteiger partial charge in [-0.25, -0.2) is 0 Å². The number of piperidine rings is 1. The molecule has 6 rings (SSSR count). The van der Waals surface area contributed by atoms with Gasteiger partial charge in [0.05, 0.1) is 19.8 Å². The Balaban J connectivity index is 1.29. The average Bonchev–Trinajstić information content (AvgIpc) is 3.52. The number of furan rings is 1. The highest BCUT2D eigenvalue weighted by Gasteiger charge is 2.35. The molecule has 7 nitrogen and oxygen atoms in total. The SMILES string of the molecule is O=C1CC(c2cc(C3CCCN(C(=O)CN4CCOCC4)C3)oc2-c2ccncc2)c2ccccc21. The third kappa shape index (κ3) is 4.49. The maximum atomic E-state index is 13.1. The van der Waals surface area contributed by atoms with Crippen LogP contribution in [0.1, 0.15) is 58.3 Å². The Morgan fingerprint density at radius 1 is 1.03 bits per heavy atom. The summed E-state index contributed by atoms with van der Waals surface area (Å²) in [6.45, 7) is 4.89. The topological polar surface area (TPSA) is 75.9 Å². The number of morpholine rings is 1. The van der Waals surface area contributed by atoms with E-state index in [0.29, 0.717) is 32.7 Å². The number of carbonyl (C=O) groups excluding carboxylic acids is 2. The molecule has 3 aliphatic rings. The van der Waals surface area contributed by atoms with Crippen molar-refractivity contribution in [3.05, 3.63) is 77.3 Å². The summed E-state index contributed by atoms with van der Waals surface area (Å²) in [5.74, 6) is 2.16. The first kappa shape index (κ1) is 23.1. The van der Waals surface area contributed by atoms with Gasteiger partial charge in [0.15, 0.2) is 5.78 Å². The van der Waals surface area contributed by atoms with Gasteiger partial charge >= 0.3 is 0 Å². The molecule has 2 aromatic heterocycles. The number of benzene rings is 1. The minimum Gasteiger partial charge on any atom is -0.460 e. The maximum absolute atomic E-state index is 13.1. The van der Waals surface area contributed by atoms with Crippen LogP contribution >= 0.6 is 0 Å². The molecule has 0 saturated carbocycles. The molecular weight excluding hydrogens is 454 g/mol. The van der Waals surface area contributed by atoms with Crippen LogP contribution in [0.3, 0.4) is 0 Å². The second-order valence-corrected chi connectivity index (χ2v) is 10.0. The van der Waals surface area contributed by atoms with Crippen LogP contribution in [0.4, 0.5) is 0 Å². The van der Waals surface area contributed by atoms with E-state index in [1.165, 1.54) is 0 Å². The number of ketones is 1. The summed E-state index contributed by atoms with van der Waals surface area (Å²) in [6, 6.07) is 14.0. The van der Waals surface area contributed by atoms with E-state index in [0.717, 1.165) is 66.3 Å². The molecule has 1 amide bonds. The van der Waals surface area contributed by atoms with Crippen molar-refractivity contribution in [1.29, 1.82) is 0 Å². The highest BCUT2D eigenvalue weighted by Crippen LogP contribution is 2.45. The zero-order valence-electron chi connectivity index (χ0n) is 20.4. The number of pyridine rings is 1. The lowest BCUT2D eigenvalue weighted by molar-refractivity contribution is -0.134. The highest BCUT2D eigenvalue weighted by molar-refractivity contribution is 6.02. The van der Waals surface area contributed by atoms with Gasteiger partial charge in [0.1, 0.15) is 11.5 Å². The highest BCUT2D eigenvalue weighted by atomic mass is 16.5. The van der Waals surface area contributed by atoms with Gasteiger partial charge in [0, 0.05) is 73.5 Å². The Hall–Kier alpha value is -3.29. The Labute approximate surface area is 211 Å². The van der Waals surface area contributed by atoms with Crippen molar-refractivity contribution in [2.45, 2.75) is 31.1 Å². The van der Waals surface area contributed by atoms with Crippen LogP contribution in [-0.4, -0.2) is 72.4 Å². The third-order valence-corrected chi connectivity index (χ3v) is 7.76. The smallest absolute Gasteiger partial charge is 0.236 e. The largest absolute Gasteiger partial charge is 0.460 e. The number of likely N-dealkylation sites (tertiary alicyclic amines) is 1. The molecule has 0 bridgehead atoms. The molecule has 186 valence electrons. The third-order valence-electron chi connectivity index (χ3n) is 7.76. The zero-order chi connectivity index (χ0) is 24.5. The summed E-state index contributed by atoms with van der Waals surface area (Å²) in [5.41, 5.74) is 3.88. The van der Waals surface area contributed by atoms with Crippen LogP contribution < -0.4 is 0 Å². The summed E-state index contributed by atoms with van der Waals surface area (Å²) >= 11 is 0. The van der Waals surface area contributed by atoms with Crippen molar-refractivity contribution in [3.63, 3.8) is 0 Å². The van der Waals surface area contributed by atoms with E-state index in [2.05, 4.69) is 22.0 Å². The number of aromatic nitrogens is 1. The number of amides is 1. The van der Waals surface area contributed by atoms with Gasteiger partial charge in [-0.15, -0.1) is 0 Å². The lowest BCUT2D eigenvalue weighted by Gasteiger charge is -2.34. The monoisotopic (exact) mass is 485 g/mol. The molecule has 0 spiro atoms. The van der Waals surface area contributed by atoms with Crippen LogP contribution in [0.15, 0.2) is 59.3 Å². The molecule has 2 unspecified atom stereocenters. The van der Waals surface area contributed by atoms with Crippen molar-refractivity contribution < 1.29 is 18.7 Å². The molecule has 2 atom stereocenters. The number of hydrogen-bond donors (Lipinski definition) is 0. The minimum atomic E-state index is -0.0305. The van der Waals surface area contributed by atoms with Crippen LogP contribution in [0.2, 0.25) is 0 Å². The van der Waals surface area contributed by atoms with Crippen molar-refractivity contribution in [2.24, 2.45) is 0 Å². The van der Waals surface area contributed by atoms with Crippen LogP contribution in [-0.2, 0) is 9.53 Å². The van der Waals surface area contributed by atoms with Crippen molar-refractivity contribution in [1.82, 2.24) is 14.8 Å². The lowest BCUT2D eigenvalue weighted by Crippen LogP contribution is -2.47. The number of ether oxygens (including phenoxy) is 1. The average molecular weight is 486 g/mol. The Kier molecular flexibility index (Phi) is 6.42. The van der Waals surface area contributed by atoms with Gasteiger partial charge < -0.3 is 14.1 Å². The molecule has 0 radical (unpaired) electrons. The quantitative estimate of drug-likeness (QED) is 0.542. The molecule has 3 aromatic rings. The van der Waals surface area contributed by atoms with Gasteiger partial charge in [-0.1, -0.05) is 24.3 Å². The first-order valence-corrected chi connectivity index (χ1v) is 12.9. The number of fused-ring (bicyclic) bond motifs is 1. The van der Waals surface area contributed by atoms with Crippen molar-refractivity contribution >= 4 is 11.7 Å². The predicted molar refractivity (Wildman–Crippen MR) is 135 cm³/mol. The molecule has 1 aliphatic carbocycles. The lowest BCUT2D eigenvalue weighted by atomic mass is 9.89. The van der Waals surface area contributed by atoms with Gasteiger partial charge in [-0.2, -0.15) is 0 Å². The summed E-state index contributed by atoms with van der Waals surface area (Å²) in [7, 11) is 0. The molecular formula is C29H31N3O4. The maximum Gasteiger partial charge on any atom is 0.236 e. The van der Waals surface area contributed by atoms with Crippen LogP contribution in [0, 0.1) is 0 Å². The first-order valence-electron chi connectivity index (χ1n) is 12.9. The fourth-order valence-corrected chi connectivity index (χ4v) is 5.84. The summed E-state index contributed by atoms with van der Waals surface area (Å²) < 4.78 is 12.0. The van der Waals surface area contributed by atoms with E-state index >= 15 is 0 Å². The predicted octanol–water partition coefficient (Wildman–Crippen LogP) is 4.10. The van der Waals surface area contributed by atoms with Crippen molar-refractivity contribution in [3.8, 4) is 11.3 Å².